The molecule has 0 heterocycles. The zero-order valence-electron chi connectivity index (χ0n) is 20.8. The van der Waals surface area contributed by atoms with Gasteiger partial charge in [-0.1, -0.05) is 35.8 Å². The average molecular weight is 744 g/mol. The molecule has 18 nitrogen and oxygen atoms in total. The van der Waals surface area contributed by atoms with Crippen molar-refractivity contribution >= 4 is 12.4 Å². The van der Waals surface area contributed by atoms with Crippen LogP contribution in [0.5, 0.6) is 23.0 Å². The fourth-order valence-corrected chi connectivity index (χ4v) is 2.25. The molecule has 0 atom stereocenters. The van der Waals surface area contributed by atoms with Crippen LogP contribution >= 0.6 is 0 Å². The molecule has 0 aliphatic heterocycles. The van der Waals surface area contributed by atoms with Crippen LogP contribution in [0.25, 0.3) is 0 Å². The molecule has 40 heavy (non-hydrogen) atoms. The van der Waals surface area contributed by atoms with E-state index in [-0.39, 0.29) is 70.3 Å². The zero-order valence-corrected chi connectivity index (χ0v) is 24.9. The molecule has 0 fully saturated rings. The summed E-state index contributed by atoms with van der Waals surface area (Å²) >= 11 is 0. The molecule has 0 spiro atoms. The van der Waals surface area contributed by atoms with E-state index >= 15 is 0 Å². The van der Waals surface area contributed by atoms with Gasteiger partial charge in [-0.2, -0.15) is 0 Å². The van der Waals surface area contributed by atoms with Gasteiger partial charge in [0.15, 0.2) is 0 Å². The Kier molecular flexibility index (Phi) is 29.4. The smallest absolute Gasteiger partial charge is 0.870 e. The minimum absolute atomic E-state index is 0. The molecule has 2 rings (SSSR count). The Balaban J connectivity index is -0.000000392. The first-order valence-electron chi connectivity index (χ1n) is 10.2. The van der Waals surface area contributed by atoms with Crippen LogP contribution in [0, 0.1) is 87.7 Å². The van der Waals surface area contributed by atoms with E-state index < -0.39 is 15.3 Å². The van der Waals surface area contributed by atoms with Crippen LogP contribution in [0.2, 0.25) is 0 Å². The van der Waals surface area contributed by atoms with Crippen molar-refractivity contribution in [2.24, 2.45) is 9.98 Å². The zero-order chi connectivity index (χ0) is 29.5. The first kappa shape index (κ1) is 43.5. The number of nitrogens with zero attached hydrogens (tertiary/aromatic N) is 5. The monoisotopic (exact) mass is 743 g/mol. The van der Waals surface area contributed by atoms with Crippen molar-refractivity contribution in [1.29, 1.82) is 0 Å². The minimum Gasteiger partial charge on any atom is -0.870 e. The van der Waals surface area contributed by atoms with Gasteiger partial charge in [-0.25, -0.2) is 0 Å². The van der Waals surface area contributed by atoms with Gasteiger partial charge in [0.05, 0.1) is 41.6 Å². The molecule has 0 amide bonds. The summed E-state index contributed by atoms with van der Waals surface area (Å²) in [6.45, 7) is 5.36. The largest absolute Gasteiger partial charge is 3.00 e. The summed E-state index contributed by atoms with van der Waals surface area (Å²) in [6.07, 6.45) is 3.05. The molecule has 0 bridgehead atoms. The maximum Gasteiger partial charge on any atom is 3.00 e. The first-order chi connectivity index (χ1) is 17.9. The van der Waals surface area contributed by atoms with E-state index in [9.17, 15) is 10.2 Å². The van der Waals surface area contributed by atoms with E-state index in [1.54, 1.807) is 36.4 Å². The summed E-state index contributed by atoms with van der Waals surface area (Å²) in [6, 6.07) is 10.2. The summed E-state index contributed by atoms with van der Waals surface area (Å²) in [5.74, 6) is 0.300. The molecule has 0 aromatic heterocycles. The number of benzene rings is 2. The van der Waals surface area contributed by atoms with E-state index in [4.69, 9.17) is 55.4 Å². The predicted octanol–water partition coefficient (Wildman–Crippen LogP) is 1.45. The molecule has 0 aliphatic carbocycles. The molecule has 220 valence electrons. The van der Waals surface area contributed by atoms with Crippen LogP contribution in [0.15, 0.2) is 46.4 Å². The molecule has 0 aliphatic rings. The van der Waals surface area contributed by atoms with Crippen molar-refractivity contribution in [3.63, 3.8) is 0 Å². The van der Waals surface area contributed by atoms with Crippen LogP contribution in [0.1, 0.15) is 25.0 Å². The maximum absolute atomic E-state index is 12.1. The second-order valence-electron chi connectivity index (χ2n) is 5.96. The Bertz CT molecular complexity index is 971. The van der Waals surface area contributed by atoms with Gasteiger partial charge < -0.3 is 65.7 Å². The summed E-state index contributed by atoms with van der Waals surface area (Å²) in [4.78, 5) is 33.2. The Morgan fingerprint density at radius 3 is 1.20 bits per heavy atom. The van der Waals surface area contributed by atoms with E-state index in [1.807, 2.05) is 13.8 Å². The first-order valence-corrected chi connectivity index (χ1v) is 10.2. The number of hydrogen-bond acceptors (Lipinski definition) is 15. The van der Waals surface area contributed by atoms with Gasteiger partial charge in [0.1, 0.15) is 11.5 Å². The molecule has 2 aromatic rings. The maximum atomic E-state index is 12.1. The van der Waals surface area contributed by atoms with Gasteiger partial charge in [-0.3, -0.25) is 9.98 Å². The van der Waals surface area contributed by atoms with Gasteiger partial charge in [-0.15, -0.1) is 0 Å². The van der Waals surface area contributed by atoms with Crippen LogP contribution in [-0.4, -0.2) is 54.0 Å². The molecule has 2 radical (unpaired) electrons. The number of ether oxygens (including phenoxy) is 2. The minimum atomic E-state index is -1.75. The number of hydrogen-bond donors (Lipinski definition) is 0. The predicted molar refractivity (Wildman–Crippen MR) is 130 cm³/mol. The molecule has 0 unspecified atom stereocenters. The fraction of sp³-hybridized carbons (Fsp3) is 0.300. The van der Waals surface area contributed by atoms with E-state index in [0.717, 1.165) is 0 Å². The van der Waals surface area contributed by atoms with Gasteiger partial charge in [-0.05, 0) is 37.1 Å². The fourth-order valence-electron chi connectivity index (χ4n) is 2.25. The van der Waals surface area contributed by atoms with Crippen molar-refractivity contribution in [1.82, 2.24) is 0 Å². The third-order valence-electron chi connectivity index (χ3n) is 3.44. The SMILES string of the molecule is CCOc1cccc(C=NCCN=Cc2cccc(OCC)c2[O-])c1[O-].O=[N+]([O-])[O-].O=[N+]([O-])[O-].O=[N+]([O-])[O-].[Ce+3].[Cu+2]. The van der Waals surface area contributed by atoms with Crippen molar-refractivity contribution in [3.05, 3.63) is 93.5 Å². The van der Waals surface area contributed by atoms with Crippen molar-refractivity contribution in [2.75, 3.05) is 26.3 Å². The van der Waals surface area contributed by atoms with Crippen LogP contribution in [0.4, 0.5) is 0 Å². The van der Waals surface area contributed by atoms with Gasteiger partial charge in [0.2, 0.25) is 0 Å². The third kappa shape index (κ3) is 24.8. The van der Waals surface area contributed by atoms with Gasteiger partial charge in [0.25, 0.3) is 0 Å². The second-order valence-corrected chi connectivity index (χ2v) is 5.96. The Morgan fingerprint density at radius 1 is 0.675 bits per heavy atom. The van der Waals surface area contributed by atoms with Gasteiger partial charge >= 0.3 is 58.8 Å². The van der Waals surface area contributed by atoms with E-state index in [0.29, 0.717) is 48.9 Å². The Hall–Kier alpha value is -3.52. The Labute approximate surface area is 271 Å². The van der Waals surface area contributed by atoms with Crippen molar-refractivity contribution in [2.45, 2.75) is 13.8 Å². The second kappa shape index (κ2) is 27.1. The van der Waals surface area contributed by atoms with Crippen LogP contribution < -0.4 is 19.7 Å². The van der Waals surface area contributed by atoms with Crippen molar-refractivity contribution in [3.8, 4) is 23.0 Å². The molecular formula is C20H22CeCuN5O13. The normalized spacial score (nSPS) is 9.15. The average Bonchev–Trinajstić information content (AvgIpc) is 2.80. The van der Waals surface area contributed by atoms with Crippen molar-refractivity contribution < 1.29 is 93.8 Å². The topological polar surface area (TPSA) is 288 Å². The number of rotatable bonds is 9. The standard InChI is InChI=1S/C20H24N2O4.Ce.Cu.3NO3/c1-3-25-17-9-5-7-15(19(17)23)13-21-11-12-22-14-16-8-6-10-18(20(16)24)26-4-2;;;3*2-1(3)4/h5-10,13-14,23-24H,3-4,11-12H2,1-2H3;;;;;/q;+3;+2;3*-1/p-2. The Morgan fingerprint density at radius 2 is 0.950 bits per heavy atom. The van der Waals surface area contributed by atoms with E-state index in [1.165, 1.54) is 12.4 Å². The quantitative estimate of drug-likeness (QED) is 0.116. The van der Waals surface area contributed by atoms with Gasteiger partial charge in [0, 0.05) is 12.4 Å². The summed E-state index contributed by atoms with van der Waals surface area (Å²) in [5.41, 5.74) is 0.956. The summed E-state index contributed by atoms with van der Waals surface area (Å²) in [7, 11) is 0. The molecule has 0 saturated carbocycles. The molecule has 0 saturated heterocycles. The molecule has 2 aromatic carbocycles. The number of para-hydroxylation sites is 2. The number of aliphatic imine (C=N–C) groups is 2. The molecular weight excluding hydrogens is 722 g/mol. The van der Waals surface area contributed by atoms with Crippen LogP contribution in [-0.2, 0) is 17.1 Å². The summed E-state index contributed by atoms with van der Waals surface area (Å²) in [5, 5.41) is 68.4. The summed E-state index contributed by atoms with van der Waals surface area (Å²) < 4.78 is 10.5. The van der Waals surface area contributed by atoms with Crippen LogP contribution in [0.3, 0.4) is 0 Å². The third-order valence-corrected chi connectivity index (χ3v) is 3.44. The molecule has 20 heteroatoms. The van der Waals surface area contributed by atoms with E-state index in [2.05, 4.69) is 9.98 Å². The molecule has 0 N–H and O–H groups in total.